The highest BCUT2D eigenvalue weighted by Gasteiger charge is 2.25. The van der Waals surface area contributed by atoms with Crippen LogP contribution in [-0.2, 0) is 11.3 Å². The summed E-state index contributed by atoms with van der Waals surface area (Å²) in [6, 6.07) is 3.92. The Labute approximate surface area is 145 Å². The number of likely N-dealkylation sites (tertiary alicyclic amines) is 1. The smallest absolute Gasteiger partial charge is 0.307 e. The molecule has 2 aromatic heterocycles. The molecule has 3 heterocycles. The van der Waals surface area contributed by atoms with Crippen LogP contribution in [0, 0.1) is 6.92 Å². The summed E-state index contributed by atoms with van der Waals surface area (Å²) in [7, 11) is 0. The second kappa shape index (κ2) is 7.81. The van der Waals surface area contributed by atoms with Crippen molar-refractivity contribution in [2.24, 2.45) is 0 Å². The summed E-state index contributed by atoms with van der Waals surface area (Å²) < 4.78 is 7.20. The number of carbonyl (C=O) groups excluding carboxylic acids is 1. The number of hydrogen-bond acceptors (Lipinski definition) is 5. The zero-order valence-electron chi connectivity index (χ0n) is 13.9. The van der Waals surface area contributed by atoms with E-state index in [2.05, 4.69) is 10.2 Å². The van der Waals surface area contributed by atoms with Crippen LogP contribution in [0.5, 0.6) is 0 Å². The van der Waals surface area contributed by atoms with E-state index in [0.717, 1.165) is 24.5 Å². The Bertz CT molecular complexity index is 714. The lowest BCUT2D eigenvalue weighted by molar-refractivity contribution is -0.121. The number of thiazole rings is 1. The molecule has 1 aliphatic rings. The molecular formula is C17H23N3O3S. The summed E-state index contributed by atoms with van der Waals surface area (Å²) in [5, 5.41) is 4.82. The van der Waals surface area contributed by atoms with Gasteiger partial charge in [0, 0.05) is 30.6 Å². The first kappa shape index (κ1) is 17.0. The lowest BCUT2D eigenvalue weighted by Gasteiger charge is -2.26. The topological polar surface area (TPSA) is 67.5 Å². The molecule has 1 saturated heterocycles. The average molecular weight is 349 g/mol. The third-order valence-corrected chi connectivity index (χ3v) is 5.37. The highest BCUT2D eigenvalue weighted by atomic mass is 32.1. The minimum absolute atomic E-state index is 0.00849. The van der Waals surface area contributed by atoms with E-state index >= 15 is 0 Å². The molecule has 130 valence electrons. The molecule has 3 rings (SSSR count). The van der Waals surface area contributed by atoms with Gasteiger partial charge < -0.3 is 14.3 Å². The molecule has 24 heavy (non-hydrogen) atoms. The van der Waals surface area contributed by atoms with Crippen molar-refractivity contribution in [3.8, 4) is 0 Å². The largest absolute Gasteiger partial charge is 0.468 e. The van der Waals surface area contributed by atoms with Crippen molar-refractivity contribution in [2.75, 3.05) is 19.6 Å². The first-order valence-corrected chi connectivity index (χ1v) is 9.22. The zero-order chi connectivity index (χ0) is 16.9. The van der Waals surface area contributed by atoms with Gasteiger partial charge in [0.2, 0.25) is 5.91 Å². The first-order chi connectivity index (χ1) is 11.6. The van der Waals surface area contributed by atoms with E-state index in [0.29, 0.717) is 19.5 Å². The molecule has 1 N–H and O–H groups in total. The maximum absolute atomic E-state index is 12.2. The van der Waals surface area contributed by atoms with E-state index in [1.807, 2.05) is 24.4 Å². The number of carbonyl (C=O) groups is 1. The van der Waals surface area contributed by atoms with E-state index in [-0.39, 0.29) is 16.8 Å². The predicted octanol–water partition coefficient (Wildman–Crippen LogP) is 2.15. The highest BCUT2D eigenvalue weighted by molar-refractivity contribution is 7.07. The van der Waals surface area contributed by atoms with Gasteiger partial charge in [0.25, 0.3) is 0 Å². The monoisotopic (exact) mass is 349 g/mol. The number of nitrogens with one attached hydrogen (secondary N) is 1. The Hall–Kier alpha value is -1.86. The van der Waals surface area contributed by atoms with Gasteiger partial charge in [0.15, 0.2) is 0 Å². The van der Waals surface area contributed by atoms with E-state index in [1.165, 1.54) is 24.2 Å². The fraction of sp³-hybridized carbons (Fsp3) is 0.529. The van der Waals surface area contributed by atoms with Crippen LogP contribution >= 0.6 is 11.3 Å². The van der Waals surface area contributed by atoms with Crippen LogP contribution in [0.1, 0.15) is 36.8 Å². The number of aromatic nitrogens is 1. The molecule has 0 unspecified atom stereocenters. The maximum Gasteiger partial charge on any atom is 0.307 e. The molecule has 0 aliphatic carbocycles. The van der Waals surface area contributed by atoms with Crippen molar-refractivity contribution in [1.82, 2.24) is 14.8 Å². The number of hydrogen-bond donors (Lipinski definition) is 1. The summed E-state index contributed by atoms with van der Waals surface area (Å²) in [5.74, 6) is 0.852. The Morgan fingerprint density at radius 3 is 2.83 bits per heavy atom. The van der Waals surface area contributed by atoms with Crippen LogP contribution in [-0.4, -0.2) is 35.0 Å². The number of aryl methyl sites for hydroxylation is 1. The standard InChI is InChI=1S/C17H23N3O3S/c1-13-12-24-17(22)20(13)9-6-16(21)18-11-14(15-5-4-10-23-15)19-7-2-3-8-19/h4-5,10,12,14H,2-3,6-9,11H2,1H3,(H,18,21)/t14-/m1/s1. The number of amides is 1. The van der Waals surface area contributed by atoms with Crippen LogP contribution in [0.2, 0.25) is 0 Å². The summed E-state index contributed by atoms with van der Waals surface area (Å²) >= 11 is 1.17. The van der Waals surface area contributed by atoms with Crippen molar-refractivity contribution in [1.29, 1.82) is 0 Å². The van der Waals surface area contributed by atoms with Gasteiger partial charge in [-0.05, 0) is 45.0 Å². The zero-order valence-corrected chi connectivity index (χ0v) is 14.7. The molecule has 0 aromatic carbocycles. The summed E-state index contributed by atoms with van der Waals surface area (Å²) in [6.45, 7) is 4.91. The molecule has 0 bridgehead atoms. The quantitative estimate of drug-likeness (QED) is 0.832. The Morgan fingerprint density at radius 1 is 1.42 bits per heavy atom. The third-order valence-electron chi connectivity index (χ3n) is 4.48. The Morgan fingerprint density at radius 2 is 2.21 bits per heavy atom. The molecular weight excluding hydrogens is 326 g/mol. The third kappa shape index (κ3) is 3.96. The normalized spacial score (nSPS) is 16.4. The first-order valence-electron chi connectivity index (χ1n) is 8.34. The van der Waals surface area contributed by atoms with Crippen LogP contribution in [0.25, 0.3) is 0 Å². The average Bonchev–Trinajstić information content (AvgIpc) is 3.31. The van der Waals surface area contributed by atoms with E-state index in [4.69, 9.17) is 4.42 Å². The fourth-order valence-corrected chi connectivity index (χ4v) is 3.89. The number of furan rings is 1. The molecule has 2 aromatic rings. The van der Waals surface area contributed by atoms with Crippen molar-refractivity contribution < 1.29 is 9.21 Å². The molecule has 1 atom stereocenters. The van der Waals surface area contributed by atoms with E-state index < -0.39 is 0 Å². The van der Waals surface area contributed by atoms with Crippen molar-refractivity contribution in [2.45, 2.75) is 38.8 Å². The summed E-state index contributed by atoms with van der Waals surface area (Å²) in [4.78, 5) is 26.2. The number of rotatable bonds is 7. The molecule has 7 heteroatoms. The van der Waals surface area contributed by atoms with Gasteiger partial charge in [-0.25, -0.2) is 0 Å². The molecule has 0 saturated carbocycles. The molecule has 1 fully saturated rings. The van der Waals surface area contributed by atoms with Crippen LogP contribution < -0.4 is 10.2 Å². The SMILES string of the molecule is Cc1csc(=O)n1CCC(=O)NC[C@H](c1ccco1)N1CCCC1. The fourth-order valence-electron chi connectivity index (χ4n) is 3.13. The van der Waals surface area contributed by atoms with Crippen molar-refractivity contribution in [3.05, 3.63) is 44.9 Å². The van der Waals surface area contributed by atoms with Crippen LogP contribution in [0.3, 0.4) is 0 Å². The number of nitrogens with zero attached hydrogens (tertiary/aromatic N) is 2. The summed E-state index contributed by atoms with van der Waals surface area (Å²) in [6.07, 6.45) is 4.35. The second-order valence-electron chi connectivity index (χ2n) is 6.12. The molecule has 0 spiro atoms. The van der Waals surface area contributed by atoms with Gasteiger partial charge in [0.05, 0.1) is 12.3 Å². The maximum atomic E-state index is 12.2. The van der Waals surface area contributed by atoms with Crippen LogP contribution in [0.15, 0.2) is 33.0 Å². The molecule has 1 aliphatic heterocycles. The van der Waals surface area contributed by atoms with Gasteiger partial charge in [-0.3, -0.25) is 14.5 Å². The van der Waals surface area contributed by atoms with Crippen LogP contribution in [0.4, 0.5) is 0 Å². The van der Waals surface area contributed by atoms with Gasteiger partial charge >= 0.3 is 4.87 Å². The van der Waals surface area contributed by atoms with Gasteiger partial charge in [-0.2, -0.15) is 0 Å². The summed E-state index contributed by atoms with van der Waals surface area (Å²) in [5.41, 5.74) is 0.906. The highest BCUT2D eigenvalue weighted by Crippen LogP contribution is 2.24. The lowest BCUT2D eigenvalue weighted by atomic mass is 10.2. The Kier molecular flexibility index (Phi) is 5.52. The minimum atomic E-state index is -0.0387. The van der Waals surface area contributed by atoms with Crippen molar-refractivity contribution >= 4 is 17.2 Å². The van der Waals surface area contributed by atoms with Gasteiger partial charge in [-0.15, -0.1) is 0 Å². The van der Waals surface area contributed by atoms with E-state index in [9.17, 15) is 9.59 Å². The molecule has 1 amide bonds. The molecule has 6 nitrogen and oxygen atoms in total. The van der Waals surface area contributed by atoms with Crippen molar-refractivity contribution in [3.63, 3.8) is 0 Å². The predicted molar refractivity (Wildman–Crippen MR) is 93.2 cm³/mol. The van der Waals surface area contributed by atoms with Gasteiger partial charge in [0.1, 0.15) is 5.76 Å². The second-order valence-corrected chi connectivity index (χ2v) is 6.94. The molecule has 0 radical (unpaired) electrons. The lowest BCUT2D eigenvalue weighted by Crippen LogP contribution is -2.37. The van der Waals surface area contributed by atoms with E-state index in [1.54, 1.807) is 10.8 Å². The van der Waals surface area contributed by atoms with Gasteiger partial charge in [-0.1, -0.05) is 11.3 Å². The minimum Gasteiger partial charge on any atom is -0.468 e. The Balaban J connectivity index is 1.54.